The Morgan fingerprint density at radius 1 is 1.10 bits per heavy atom. The summed E-state index contributed by atoms with van der Waals surface area (Å²) >= 11 is 0. The van der Waals surface area contributed by atoms with Crippen LogP contribution in [0.1, 0.15) is 12.6 Å². The smallest absolute Gasteiger partial charge is 0.344 e. The van der Waals surface area contributed by atoms with Crippen molar-refractivity contribution in [2.45, 2.75) is 19.9 Å². The Balaban J connectivity index is 1.53. The standard InChI is InChI=1S/C23H24N4O2/c1-15-12-27-14-18(5-7-22(27)24-15)20-10-17-4-6-19(11-21(17)29-23(20)28)26-9-8-25(3)16(2)13-26/h4-7,10-12,14,16H,8-9,13H2,1-3H3. The SMILES string of the molecule is Cc1cn2cc(-c3cc4ccc(N5CCN(C)C(C)C5)cc4oc3=O)ccc2n1. The maximum Gasteiger partial charge on any atom is 0.344 e. The molecule has 1 aliphatic heterocycles. The summed E-state index contributed by atoms with van der Waals surface area (Å²) in [6.07, 6.45) is 3.87. The second-order valence-electron chi connectivity index (χ2n) is 8.01. The molecule has 0 spiro atoms. The number of anilines is 1. The van der Waals surface area contributed by atoms with E-state index < -0.39 is 0 Å². The third-order valence-corrected chi connectivity index (χ3v) is 5.93. The molecule has 5 rings (SSSR count). The van der Waals surface area contributed by atoms with Crippen molar-refractivity contribution < 1.29 is 4.42 Å². The highest BCUT2D eigenvalue weighted by Gasteiger charge is 2.21. The minimum Gasteiger partial charge on any atom is -0.422 e. The van der Waals surface area contributed by atoms with Gasteiger partial charge in [-0.2, -0.15) is 0 Å². The lowest BCUT2D eigenvalue weighted by molar-refractivity contribution is 0.234. The van der Waals surface area contributed by atoms with Crippen LogP contribution in [0.5, 0.6) is 0 Å². The Hall–Kier alpha value is -3.12. The van der Waals surface area contributed by atoms with Gasteiger partial charge in [0.25, 0.3) is 0 Å². The average molecular weight is 388 g/mol. The molecule has 0 amide bonds. The molecule has 1 fully saturated rings. The Bertz CT molecular complexity index is 1270. The third-order valence-electron chi connectivity index (χ3n) is 5.93. The number of pyridine rings is 1. The molecular weight excluding hydrogens is 364 g/mol. The van der Waals surface area contributed by atoms with E-state index in [-0.39, 0.29) is 5.63 Å². The van der Waals surface area contributed by atoms with Crippen molar-refractivity contribution in [3.8, 4) is 11.1 Å². The molecule has 0 aliphatic carbocycles. The fourth-order valence-electron chi connectivity index (χ4n) is 4.06. The highest BCUT2D eigenvalue weighted by molar-refractivity contribution is 5.84. The first-order valence-corrected chi connectivity index (χ1v) is 9.97. The number of likely N-dealkylation sites (N-methyl/N-ethyl adjacent to an activating group) is 1. The second-order valence-corrected chi connectivity index (χ2v) is 8.01. The Morgan fingerprint density at radius 3 is 2.79 bits per heavy atom. The molecule has 0 N–H and O–H groups in total. The lowest BCUT2D eigenvalue weighted by Crippen LogP contribution is -2.50. The molecule has 0 radical (unpaired) electrons. The molecule has 0 saturated carbocycles. The van der Waals surface area contributed by atoms with Gasteiger partial charge in [0.1, 0.15) is 11.2 Å². The summed E-state index contributed by atoms with van der Waals surface area (Å²) in [6, 6.07) is 12.4. The summed E-state index contributed by atoms with van der Waals surface area (Å²) in [7, 11) is 2.16. The van der Waals surface area contributed by atoms with E-state index in [0.29, 0.717) is 17.2 Å². The number of aryl methyl sites for hydroxylation is 1. The number of hydrogen-bond donors (Lipinski definition) is 0. The number of nitrogens with zero attached hydrogens (tertiary/aromatic N) is 4. The molecule has 1 aliphatic rings. The fourth-order valence-corrected chi connectivity index (χ4v) is 4.06. The second kappa shape index (κ2) is 6.74. The van der Waals surface area contributed by atoms with Gasteiger partial charge in [-0.05, 0) is 51.2 Å². The van der Waals surface area contributed by atoms with Gasteiger partial charge in [0.2, 0.25) is 0 Å². The van der Waals surface area contributed by atoms with E-state index in [0.717, 1.165) is 47.6 Å². The summed E-state index contributed by atoms with van der Waals surface area (Å²) < 4.78 is 7.66. The minimum absolute atomic E-state index is 0.322. The van der Waals surface area contributed by atoms with E-state index in [9.17, 15) is 4.79 Å². The highest BCUT2D eigenvalue weighted by Crippen LogP contribution is 2.26. The number of rotatable bonds is 2. The van der Waals surface area contributed by atoms with E-state index >= 15 is 0 Å². The lowest BCUT2D eigenvalue weighted by Gasteiger charge is -2.39. The van der Waals surface area contributed by atoms with Crippen LogP contribution in [0.4, 0.5) is 5.69 Å². The fraction of sp³-hybridized carbons (Fsp3) is 0.304. The molecule has 4 heterocycles. The number of aromatic nitrogens is 2. The van der Waals surface area contributed by atoms with Gasteiger partial charge in [-0.1, -0.05) is 0 Å². The van der Waals surface area contributed by atoms with Gasteiger partial charge in [-0.25, -0.2) is 9.78 Å². The number of hydrogen-bond acceptors (Lipinski definition) is 5. The van der Waals surface area contributed by atoms with Crippen molar-refractivity contribution in [1.82, 2.24) is 14.3 Å². The van der Waals surface area contributed by atoms with Crippen LogP contribution in [0.2, 0.25) is 0 Å². The van der Waals surface area contributed by atoms with Crippen molar-refractivity contribution >= 4 is 22.3 Å². The molecule has 1 atom stereocenters. The monoisotopic (exact) mass is 388 g/mol. The largest absolute Gasteiger partial charge is 0.422 e. The molecule has 1 aromatic carbocycles. The molecule has 1 saturated heterocycles. The maximum absolute atomic E-state index is 12.7. The van der Waals surface area contributed by atoms with Crippen molar-refractivity contribution in [2.24, 2.45) is 0 Å². The first-order chi connectivity index (χ1) is 14.0. The van der Waals surface area contributed by atoms with Gasteiger partial charge in [-0.3, -0.25) is 0 Å². The molecule has 6 heteroatoms. The summed E-state index contributed by atoms with van der Waals surface area (Å²) in [5, 5.41) is 0.924. The number of piperazine rings is 1. The lowest BCUT2D eigenvalue weighted by atomic mass is 10.1. The molecule has 3 aromatic heterocycles. The number of imidazole rings is 1. The van der Waals surface area contributed by atoms with Gasteiger partial charge in [0.15, 0.2) is 0 Å². The summed E-state index contributed by atoms with van der Waals surface area (Å²) in [6.45, 7) is 7.15. The minimum atomic E-state index is -0.322. The molecule has 148 valence electrons. The van der Waals surface area contributed by atoms with Crippen LogP contribution in [0.25, 0.3) is 27.7 Å². The van der Waals surface area contributed by atoms with Crippen molar-refractivity contribution in [2.75, 3.05) is 31.6 Å². The Kier molecular flexibility index (Phi) is 4.17. The highest BCUT2D eigenvalue weighted by atomic mass is 16.4. The summed E-state index contributed by atoms with van der Waals surface area (Å²) in [4.78, 5) is 21.9. The van der Waals surface area contributed by atoms with E-state index in [1.54, 1.807) is 0 Å². The Morgan fingerprint density at radius 2 is 1.97 bits per heavy atom. The van der Waals surface area contributed by atoms with Crippen LogP contribution >= 0.6 is 0 Å². The summed E-state index contributed by atoms with van der Waals surface area (Å²) in [5.74, 6) is 0. The van der Waals surface area contributed by atoms with Crippen molar-refractivity contribution in [3.05, 3.63) is 64.9 Å². The molecule has 4 aromatic rings. The van der Waals surface area contributed by atoms with Gasteiger partial charge < -0.3 is 18.6 Å². The van der Waals surface area contributed by atoms with Gasteiger partial charge in [0, 0.05) is 60.8 Å². The molecule has 29 heavy (non-hydrogen) atoms. The van der Waals surface area contributed by atoms with E-state index in [4.69, 9.17) is 4.42 Å². The topological polar surface area (TPSA) is 54.0 Å². The zero-order chi connectivity index (χ0) is 20.1. The van der Waals surface area contributed by atoms with E-state index in [2.05, 4.69) is 34.8 Å². The van der Waals surface area contributed by atoms with Crippen molar-refractivity contribution in [1.29, 1.82) is 0 Å². The van der Waals surface area contributed by atoms with E-state index in [1.165, 1.54) is 0 Å². The number of benzene rings is 1. The van der Waals surface area contributed by atoms with Crippen LogP contribution in [0.3, 0.4) is 0 Å². The quantitative estimate of drug-likeness (QED) is 0.492. The number of fused-ring (bicyclic) bond motifs is 2. The first kappa shape index (κ1) is 17.9. The predicted molar refractivity (Wildman–Crippen MR) is 116 cm³/mol. The van der Waals surface area contributed by atoms with Crippen LogP contribution < -0.4 is 10.5 Å². The molecule has 1 unspecified atom stereocenters. The van der Waals surface area contributed by atoms with Gasteiger partial charge in [-0.15, -0.1) is 0 Å². The first-order valence-electron chi connectivity index (χ1n) is 9.97. The van der Waals surface area contributed by atoms with Crippen LogP contribution in [-0.4, -0.2) is 47.0 Å². The van der Waals surface area contributed by atoms with Crippen LogP contribution in [0, 0.1) is 6.92 Å². The van der Waals surface area contributed by atoms with Gasteiger partial charge in [0.05, 0.1) is 11.3 Å². The zero-order valence-electron chi connectivity index (χ0n) is 16.9. The van der Waals surface area contributed by atoms with E-state index in [1.807, 2.05) is 54.0 Å². The normalized spacial score (nSPS) is 18.0. The van der Waals surface area contributed by atoms with Gasteiger partial charge >= 0.3 is 5.63 Å². The van der Waals surface area contributed by atoms with Crippen molar-refractivity contribution in [3.63, 3.8) is 0 Å². The predicted octanol–water partition coefficient (Wildman–Crippen LogP) is 3.56. The zero-order valence-corrected chi connectivity index (χ0v) is 16.9. The maximum atomic E-state index is 12.7. The average Bonchev–Trinajstić information content (AvgIpc) is 3.08. The van der Waals surface area contributed by atoms with Crippen LogP contribution in [-0.2, 0) is 0 Å². The molecular formula is C23H24N4O2. The Labute approximate surface area is 169 Å². The third kappa shape index (κ3) is 3.19. The van der Waals surface area contributed by atoms with Crippen LogP contribution in [0.15, 0.2) is 58.0 Å². The molecule has 0 bridgehead atoms. The molecule has 6 nitrogen and oxygen atoms in total. The summed E-state index contributed by atoms with van der Waals surface area (Å²) in [5.41, 5.74) is 4.60.